The molecular weight excluding hydrogens is 314 g/mol. The monoisotopic (exact) mass is 329 g/mol. The van der Waals surface area contributed by atoms with Gasteiger partial charge in [-0.15, -0.1) is 0 Å². The van der Waals surface area contributed by atoms with Gasteiger partial charge in [0.1, 0.15) is 16.9 Å². The van der Waals surface area contributed by atoms with E-state index >= 15 is 0 Å². The largest absolute Gasteiger partial charge is 0.483 e. The first kappa shape index (κ1) is 15.6. The fourth-order valence-electron chi connectivity index (χ4n) is 1.11. The molecule has 6 heteroatoms. The second kappa shape index (κ2) is 6.14. The summed E-state index contributed by atoms with van der Waals surface area (Å²) in [7, 11) is 1.28. The van der Waals surface area contributed by atoms with E-state index < -0.39 is 11.4 Å². The lowest BCUT2D eigenvalue weighted by Crippen LogP contribution is -2.26. The zero-order valence-electron chi connectivity index (χ0n) is 11.3. The number of esters is 1. The SMILES string of the molecule is COC(=O)c1ccc(OCC(=O)C(C)(C)C)c(Br)n1. The summed E-state index contributed by atoms with van der Waals surface area (Å²) in [5.41, 5.74) is -0.282. The van der Waals surface area contributed by atoms with E-state index in [9.17, 15) is 9.59 Å². The summed E-state index contributed by atoms with van der Waals surface area (Å²) in [5.74, 6) is -0.139. The van der Waals surface area contributed by atoms with Crippen molar-refractivity contribution in [2.24, 2.45) is 5.41 Å². The Bertz CT molecular complexity index is 494. The van der Waals surface area contributed by atoms with Gasteiger partial charge in [0.05, 0.1) is 7.11 Å². The first-order valence-electron chi connectivity index (χ1n) is 5.66. The topological polar surface area (TPSA) is 65.5 Å². The zero-order valence-corrected chi connectivity index (χ0v) is 12.9. The number of ether oxygens (including phenoxy) is 2. The smallest absolute Gasteiger partial charge is 0.356 e. The standard InChI is InChI=1S/C13H16BrNO4/c1-13(2,3)10(16)7-19-9-6-5-8(12(17)18-4)15-11(9)14/h5-6H,7H2,1-4H3. The minimum Gasteiger partial charge on any atom is -0.483 e. The molecule has 0 amide bonds. The minimum absolute atomic E-state index is 0.0172. The molecule has 104 valence electrons. The van der Waals surface area contributed by atoms with E-state index in [1.54, 1.807) is 6.07 Å². The Morgan fingerprint density at radius 2 is 1.95 bits per heavy atom. The highest BCUT2D eigenvalue weighted by Crippen LogP contribution is 2.24. The first-order chi connectivity index (χ1) is 8.75. The second-order valence-corrected chi connectivity index (χ2v) is 5.69. The Hall–Kier alpha value is -1.43. The Kier molecular flexibility index (Phi) is 5.05. The lowest BCUT2D eigenvalue weighted by Gasteiger charge is -2.17. The van der Waals surface area contributed by atoms with Crippen LogP contribution in [0.3, 0.4) is 0 Å². The molecule has 0 saturated carbocycles. The molecule has 1 rings (SSSR count). The van der Waals surface area contributed by atoms with Gasteiger partial charge in [0.2, 0.25) is 0 Å². The number of hydrogen-bond acceptors (Lipinski definition) is 5. The second-order valence-electron chi connectivity index (χ2n) is 4.94. The molecule has 0 unspecified atom stereocenters. The molecule has 0 saturated heterocycles. The van der Waals surface area contributed by atoms with Crippen LogP contribution in [0.1, 0.15) is 31.3 Å². The molecule has 0 N–H and O–H groups in total. The van der Waals surface area contributed by atoms with Gasteiger partial charge in [0.15, 0.2) is 11.5 Å². The molecule has 0 fully saturated rings. The van der Waals surface area contributed by atoms with Gasteiger partial charge < -0.3 is 9.47 Å². The summed E-state index contributed by atoms with van der Waals surface area (Å²) < 4.78 is 10.3. The lowest BCUT2D eigenvalue weighted by molar-refractivity contribution is -0.128. The summed E-state index contributed by atoms with van der Waals surface area (Å²) in [6.45, 7) is 5.44. The maximum Gasteiger partial charge on any atom is 0.356 e. The highest BCUT2D eigenvalue weighted by atomic mass is 79.9. The number of hydrogen-bond donors (Lipinski definition) is 0. The van der Waals surface area contributed by atoms with Gasteiger partial charge in [-0.2, -0.15) is 0 Å². The molecule has 0 radical (unpaired) electrons. The van der Waals surface area contributed by atoms with Crippen molar-refractivity contribution in [3.05, 3.63) is 22.4 Å². The number of carbonyl (C=O) groups is 2. The third kappa shape index (κ3) is 4.31. The van der Waals surface area contributed by atoms with Crippen molar-refractivity contribution >= 4 is 27.7 Å². The predicted molar refractivity (Wildman–Crippen MR) is 73.2 cm³/mol. The van der Waals surface area contributed by atoms with E-state index in [-0.39, 0.29) is 18.1 Å². The Morgan fingerprint density at radius 3 is 2.42 bits per heavy atom. The van der Waals surface area contributed by atoms with Crippen LogP contribution in [-0.2, 0) is 9.53 Å². The van der Waals surface area contributed by atoms with Crippen LogP contribution < -0.4 is 4.74 Å². The Labute approximate surface area is 120 Å². The molecule has 1 aromatic heterocycles. The summed E-state index contributed by atoms with van der Waals surface area (Å²) in [5, 5.41) is 0. The van der Waals surface area contributed by atoms with Crippen LogP contribution in [0.25, 0.3) is 0 Å². The van der Waals surface area contributed by atoms with Crippen molar-refractivity contribution in [2.75, 3.05) is 13.7 Å². The molecular formula is C13H16BrNO4. The van der Waals surface area contributed by atoms with Gasteiger partial charge in [-0.3, -0.25) is 4.79 Å². The van der Waals surface area contributed by atoms with Crippen LogP contribution in [0.4, 0.5) is 0 Å². The Morgan fingerprint density at radius 1 is 1.32 bits per heavy atom. The molecule has 0 aromatic carbocycles. The van der Waals surface area contributed by atoms with Crippen molar-refractivity contribution in [2.45, 2.75) is 20.8 Å². The molecule has 0 spiro atoms. The molecule has 1 heterocycles. The number of rotatable bonds is 4. The molecule has 0 aliphatic rings. The van der Waals surface area contributed by atoms with Crippen LogP contribution in [0.5, 0.6) is 5.75 Å². The average molecular weight is 330 g/mol. The summed E-state index contributed by atoms with van der Waals surface area (Å²) in [4.78, 5) is 27.0. The van der Waals surface area contributed by atoms with Crippen LogP contribution in [0.15, 0.2) is 16.7 Å². The summed E-state index contributed by atoms with van der Waals surface area (Å²) in [6.07, 6.45) is 0. The molecule has 0 aliphatic carbocycles. The third-order valence-corrected chi connectivity index (χ3v) is 2.97. The maximum absolute atomic E-state index is 11.7. The Balaban J connectivity index is 2.76. The van der Waals surface area contributed by atoms with Crippen molar-refractivity contribution in [1.82, 2.24) is 4.98 Å². The highest BCUT2D eigenvalue weighted by molar-refractivity contribution is 9.10. The average Bonchev–Trinajstić information content (AvgIpc) is 2.34. The molecule has 0 aliphatic heterocycles. The molecule has 0 atom stereocenters. The van der Waals surface area contributed by atoms with Gasteiger partial charge in [-0.05, 0) is 28.1 Å². The maximum atomic E-state index is 11.7. The molecule has 5 nitrogen and oxygen atoms in total. The van der Waals surface area contributed by atoms with Gasteiger partial charge in [0, 0.05) is 5.41 Å². The van der Waals surface area contributed by atoms with Crippen LogP contribution in [0.2, 0.25) is 0 Å². The van der Waals surface area contributed by atoms with Crippen molar-refractivity contribution in [3.63, 3.8) is 0 Å². The normalized spacial score (nSPS) is 11.0. The van der Waals surface area contributed by atoms with Crippen LogP contribution in [0, 0.1) is 5.41 Å². The van der Waals surface area contributed by atoms with Gasteiger partial charge in [-0.1, -0.05) is 20.8 Å². The zero-order chi connectivity index (χ0) is 14.6. The quantitative estimate of drug-likeness (QED) is 0.627. The fourth-order valence-corrected chi connectivity index (χ4v) is 1.54. The third-order valence-electron chi connectivity index (χ3n) is 2.40. The minimum atomic E-state index is -0.530. The number of halogens is 1. The van der Waals surface area contributed by atoms with Crippen LogP contribution >= 0.6 is 15.9 Å². The van der Waals surface area contributed by atoms with Crippen molar-refractivity contribution in [1.29, 1.82) is 0 Å². The number of carbonyl (C=O) groups excluding carboxylic acids is 2. The first-order valence-corrected chi connectivity index (χ1v) is 6.46. The van der Waals surface area contributed by atoms with Gasteiger partial charge in [0.25, 0.3) is 0 Å². The predicted octanol–water partition coefficient (Wildman–Crippen LogP) is 2.62. The number of aromatic nitrogens is 1. The fraction of sp³-hybridized carbons (Fsp3) is 0.462. The van der Waals surface area contributed by atoms with Crippen molar-refractivity contribution < 1.29 is 19.1 Å². The number of ketones is 1. The summed E-state index contributed by atoms with van der Waals surface area (Å²) in [6, 6.07) is 3.05. The number of pyridine rings is 1. The molecule has 0 bridgehead atoms. The van der Waals surface area contributed by atoms with E-state index in [4.69, 9.17) is 4.74 Å². The molecule has 19 heavy (non-hydrogen) atoms. The van der Waals surface area contributed by atoms with E-state index in [2.05, 4.69) is 25.7 Å². The number of nitrogens with zero attached hydrogens (tertiary/aromatic N) is 1. The van der Waals surface area contributed by atoms with E-state index in [1.807, 2.05) is 20.8 Å². The van der Waals surface area contributed by atoms with E-state index in [1.165, 1.54) is 13.2 Å². The molecule has 1 aromatic rings. The lowest BCUT2D eigenvalue weighted by atomic mass is 9.91. The van der Waals surface area contributed by atoms with E-state index in [0.29, 0.717) is 10.4 Å². The summed E-state index contributed by atoms with van der Waals surface area (Å²) >= 11 is 3.19. The number of methoxy groups -OCH3 is 1. The highest BCUT2D eigenvalue weighted by Gasteiger charge is 2.22. The van der Waals surface area contributed by atoms with Crippen molar-refractivity contribution in [3.8, 4) is 5.75 Å². The van der Waals surface area contributed by atoms with Crippen LogP contribution in [-0.4, -0.2) is 30.5 Å². The van der Waals surface area contributed by atoms with Gasteiger partial charge in [-0.25, -0.2) is 9.78 Å². The van der Waals surface area contributed by atoms with E-state index in [0.717, 1.165) is 0 Å². The van der Waals surface area contributed by atoms with Gasteiger partial charge >= 0.3 is 5.97 Å². The number of Topliss-reactive ketones (excluding diaryl/α,β-unsaturated/α-hetero) is 1.